The average molecular weight is 149 g/mol. The van der Waals surface area contributed by atoms with Crippen LogP contribution in [0, 0.1) is 11.3 Å². The quantitative estimate of drug-likeness (QED) is 0.616. The maximum atomic E-state index is 8.38. The third kappa shape index (κ3) is 1.64. The third-order valence-corrected chi connectivity index (χ3v) is 1.21. The Kier molecular flexibility index (Phi) is 2.39. The molecular weight excluding hydrogens is 142 g/mol. The van der Waals surface area contributed by atoms with Crippen LogP contribution in [0.4, 0.5) is 0 Å². The summed E-state index contributed by atoms with van der Waals surface area (Å²) in [7, 11) is 1.52. The fraction of sp³-hybridized carbons (Fsp3) is 0.286. The minimum atomic E-state index is 0.282. The van der Waals surface area contributed by atoms with Crippen LogP contribution < -0.4 is 4.74 Å². The summed E-state index contributed by atoms with van der Waals surface area (Å²) in [5.74, 6) is 0.474. The van der Waals surface area contributed by atoms with Crippen LogP contribution in [0.25, 0.3) is 0 Å². The topological polar surface area (TPSA) is 58.8 Å². The van der Waals surface area contributed by atoms with Crippen LogP contribution in [0.5, 0.6) is 5.88 Å². The van der Waals surface area contributed by atoms with E-state index in [-0.39, 0.29) is 6.42 Å². The van der Waals surface area contributed by atoms with Crippen molar-refractivity contribution in [3.8, 4) is 11.9 Å². The molecule has 1 aromatic heterocycles. The standard InChI is InChI=1S/C7H7N3O/c1-11-7-6(2-3-8)4-9-5-10-7/h4-5H,2H2,1H3. The first-order valence-electron chi connectivity index (χ1n) is 3.08. The number of nitriles is 1. The van der Waals surface area contributed by atoms with Crippen molar-refractivity contribution in [2.24, 2.45) is 0 Å². The predicted molar refractivity (Wildman–Crippen MR) is 37.9 cm³/mol. The van der Waals surface area contributed by atoms with Crippen molar-refractivity contribution in [3.05, 3.63) is 18.1 Å². The van der Waals surface area contributed by atoms with Gasteiger partial charge in [0, 0.05) is 11.8 Å². The van der Waals surface area contributed by atoms with Crippen LogP contribution in [0.3, 0.4) is 0 Å². The van der Waals surface area contributed by atoms with E-state index in [1.807, 2.05) is 6.07 Å². The summed E-state index contributed by atoms with van der Waals surface area (Å²) < 4.78 is 4.90. The van der Waals surface area contributed by atoms with Gasteiger partial charge in [0.05, 0.1) is 19.6 Å². The molecule has 0 radical (unpaired) electrons. The van der Waals surface area contributed by atoms with Crippen molar-refractivity contribution in [1.29, 1.82) is 5.26 Å². The SMILES string of the molecule is COc1ncncc1CC#N. The van der Waals surface area contributed by atoms with Crippen LogP contribution in [0.1, 0.15) is 5.56 Å². The molecule has 0 aliphatic heterocycles. The zero-order valence-electron chi connectivity index (χ0n) is 6.11. The minimum Gasteiger partial charge on any atom is -0.481 e. The lowest BCUT2D eigenvalue weighted by Gasteiger charge is -2.00. The summed E-state index contributed by atoms with van der Waals surface area (Å²) >= 11 is 0. The van der Waals surface area contributed by atoms with Crippen LogP contribution in [0.15, 0.2) is 12.5 Å². The van der Waals surface area contributed by atoms with E-state index in [1.165, 1.54) is 13.4 Å². The summed E-state index contributed by atoms with van der Waals surface area (Å²) in [6.07, 6.45) is 3.25. The summed E-state index contributed by atoms with van der Waals surface area (Å²) in [6, 6.07) is 2.00. The van der Waals surface area contributed by atoms with E-state index in [9.17, 15) is 0 Å². The number of ether oxygens (including phenoxy) is 1. The monoisotopic (exact) mass is 149 g/mol. The van der Waals surface area contributed by atoms with Gasteiger partial charge < -0.3 is 4.74 Å². The van der Waals surface area contributed by atoms with Gasteiger partial charge in [-0.05, 0) is 0 Å². The highest BCUT2D eigenvalue weighted by atomic mass is 16.5. The largest absolute Gasteiger partial charge is 0.481 e. The molecule has 0 fully saturated rings. The summed E-state index contributed by atoms with van der Waals surface area (Å²) in [5.41, 5.74) is 0.720. The second-order valence-corrected chi connectivity index (χ2v) is 1.89. The smallest absolute Gasteiger partial charge is 0.220 e. The normalized spacial score (nSPS) is 8.73. The van der Waals surface area contributed by atoms with Crippen molar-refractivity contribution < 1.29 is 4.74 Å². The molecule has 0 aliphatic rings. The van der Waals surface area contributed by atoms with E-state index in [4.69, 9.17) is 10.00 Å². The van der Waals surface area contributed by atoms with Crippen LogP contribution in [-0.4, -0.2) is 17.1 Å². The molecule has 1 aromatic rings. The number of hydrogen-bond acceptors (Lipinski definition) is 4. The Morgan fingerprint density at radius 3 is 3.18 bits per heavy atom. The Labute approximate surface area is 64.5 Å². The molecule has 0 atom stereocenters. The van der Waals surface area contributed by atoms with E-state index in [2.05, 4.69) is 9.97 Å². The summed E-state index contributed by atoms with van der Waals surface area (Å²) in [4.78, 5) is 7.60. The Morgan fingerprint density at radius 1 is 1.73 bits per heavy atom. The zero-order valence-corrected chi connectivity index (χ0v) is 6.11. The highest BCUT2D eigenvalue weighted by molar-refractivity contribution is 5.24. The van der Waals surface area contributed by atoms with E-state index < -0.39 is 0 Å². The van der Waals surface area contributed by atoms with Gasteiger partial charge in [-0.15, -0.1) is 0 Å². The van der Waals surface area contributed by atoms with Crippen LogP contribution in [0.2, 0.25) is 0 Å². The van der Waals surface area contributed by atoms with E-state index in [1.54, 1.807) is 6.20 Å². The van der Waals surface area contributed by atoms with Gasteiger partial charge in [-0.3, -0.25) is 0 Å². The van der Waals surface area contributed by atoms with Gasteiger partial charge in [-0.2, -0.15) is 5.26 Å². The lowest BCUT2D eigenvalue weighted by atomic mass is 10.2. The van der Waals surface area contributed by atoms with Crippen LogP contribution in [-0.2, 0) is 6.42 Å². The first-order chi connectivity index (χ1) is 5.38. The van der Waals surface area contributed by atoms with Crippen molar-refractivity contribution in [2.75, 3.05) is 7.11 Å². The first-order valence-corrected chi connectivity index (χ1v) is 3.08. The van der Waals surface area contributed by atoms with Gasteiger partial charge in [-0.1, -0.05) is 0 Å². The Morgan fingerprint density at radius 2 is 2.55 bits per heavy atom. The summed E-state index contributed by atoms with van der Waals surface area (Å²) in [5, 5.41) is 8.38. The second-order valence-electron chi connectivity index (χ2n) is 1.89. The molecule has 0 aromatic carbocycles. The van der Waals surface area contributed by atoms with Gasteiger partial charge in [0.15, 0.2) is 0 Å². The van der Waals surface area contributed by atoms with Gasteiger partial charge in [0.2, 0.25) is 5.88 Å². The Balaban J connectivity index is 2.94. The predicted octanol–water partition coefficient (Wildman–Crippen LogP) is 0.551. The maximum Gasteiger partial charge on any atom is 0.220 e. The van der Waals surface area contributed by atoms with Gasteiger partial charge in [0.25, 0.3) is 0 Å². The van der Waals surface area contributed by atoms with Crippen molar-refractivity contribution in [1.82, 2.24) is 9.97 Å². The molecule has 0 amide bonds. The van der Waals surface area contributed by atoms with Crippen molar-refractivity contribution in [3.63, 3.8) is 0 Å². The number of nitrogens with zero attached hydrogens (tertiary/aromatic N) is 3. The lowest BCUT2D eigenvalue weighted by Crippen LogP contribution is -1.94. The van der Waals surface area contributed by atoms with Crippen molar-refractivity contribution in [2.45, 2.75) is 6.42 Å². The molecule has 0 bridgehead atoms. The molecule has 0 unspecified atom stereocenters. The molecule has 0 saturated carbocycles. The average Bonchev–Trinajstić information content (AvgIpc) is 2.06. The highest BCUT2D eigenvalue weighted by Crippen LogP contribution is 2.11. The second kappa shape index (κ2) is 3.52. The number of methoxy groups -OCH3 is 1. The highest BCUT2D eigenvalue weighted by Gasteiger charge is 2.01. The number of hydrogen-bond donors (Lipinski definition) is 0. The van der Waals surface area contributed by atoms with Gasteiger partial charge in [0.1, 0.15) is 6.33 Å². The molecule has 0 aliphatic carbocycles. The molecule has 1 heterocycles. The number of aromatic nitrogens is 2. The first kappa shape index (κ1) is 7.48. The molecule has 0 saturated heterocycles. The third-order valence-electron chi connectivity index (χ3n) is 1.21. The van der Waals surface area contributed by atoms with E-state index >= 15 is 0 Å². The van der Waals surface area contributed by atoms with Crippen molar-refractivity contribution >= 4 is 0 Å². The van der Waals surface area contributed by atoms with Gasteiger partial charge >= 0.3 is 0 Å². The Hall–Kier alpha value is -1.63. The summed E-state index contributed by atoms with van der Waals surface area (Å²) in [6.45, 7) is 0. The molecule has 56 valence electrons. The molecule has 1 rings (SSSR count). The minimum absolute atomic E-state index is 0.282. The van der Waals surface area contributed by atoms with E-state index in [0.717, 1.165) is 5.56 Å². The molecule has 4 nitrogen and oxygen atoms in total. The van der Waals surface area contributed by atoms with Gasteiger partial charge in [-0.25, -0.2) is 9.97 Å². The molecule has 11 heavy (non-hydrogen) atoms. The molecule has 0 N–H and O–H groups in total. The lowest BCUT2D eigenvalue weighted by molar-refractivity contribution is 0.392. The molecule has 4 heteroatoms. The molecular formula is C7H7N3O. The fourth-order valence-electron chi connectivity index (χ4n) is 0.737. The maximum absolute atomic E-state index is 8.38. The van der Waals surface area contributed by atoms with Crippen LogP contribution >= 0.6 is 0 Å². The number of rotatable bonds is 2. The Bertz CT molecular complexity index is 279. The van der Waals surface area contributed by atoms with E-state index in [0.29, 0.717) is 5.88 Å². The molecule has 0 spiro atoms. The zero-order chi connectivity index (χ0) is 8.10. The fourth-order valence-corrected chi connectivity index (χ4v) is 0.737.